The average Bonchev–Trinajstić information content (AvgIpc) is 2.54. The van der Waals surface area contributed by atoms with Crippen LogP contribution in [0.3, 0.4) is 0 Å². The Labute approximate surface area is 153 Å². The molecule has 0 radical (unpaired) electrons. The summed E-state index contributed by atoms with van der Waals surface area (Å²) < 4.78 is 12.1. The van der Waals surface area contributed by atoms with Crippen molar-refractivity contribution in [1.82, 2.24) is 5.32 Å². The molecular weight excluding hydrogens is 316 g/mol. The van der Waals surface area contributed by atoms with E-state index in [2.05, 4.69) is 44.3 Å². The topological polar surface area (TPSA) is 73.6 Å². The number of rotatable bonds is 11. The highest BCUT2D eigenvalue weighted by atomic mass is 16.7. The number of nitrogens with one attached hydrogen (secondary N) is 1. The van der Waals surface area contributed by atoms with Gasteiger partial charge in [-0.05, 0) is 46.0 Å². The van der Waals surface area contributed by atoms with Gasteiger partial charge < -0.3 is 20.5 Å². The Morgan fingerprint density at radius 3 is 2.48 bits per heavy atom. The summed E-state index contributed by atoms with van der Waals surface area (Å²) in [6, 6.07) is -0.540. The van der Waals surface area contributed by atoms with E-state index in [0.29, 0.717) is 19.6 Å². The van der Waals surface area contributed by atoms with Gasteiger partial charge in [-0.15, -0.1) is 0 Å². The van der Waals surface area contributed by atoms with Gasteiger partial charge in [0.05, 0.1) is 13.2 Å². The zero-order chi connectivity index (χ0) is 18.5. The van der Waals surface area contributed by atoms with Gasteiger partial charge in [0, 0.05) is 18.9 Å². The van der Waals surface area contributed by atoms with Gasteiger partial charge in [0.25, 0.3) is 0 Å². The lowest BCUT2D eigenvalue weighted by atomic mass is 9.96. The number of nitrogens with two attached hydrogens (primary N) is 1. The third-order valence-corrected chi connectivity index (χ3v) is 4.30. The monoisotopic (exact) mass is 352 g/mol. The van der Waals surface area contributed by atoms with Crippen molar-refractivity contribution in [3.05, 3.63) is 23.8 Å². The van der Waals surface area contributed by atoms with Crippen LogP contribution in [0.15, 0.2) is 23.8 Å². The van der Waals surface area contributed by atoms with Gasteiger partial charge in [-0.25, -0.2) is 4.79 Å². The Morgan fingerprint density at radius 1 is 1.20 bits per heavy atom. The van der Waals surface area contributed by atoms with Crippen LogP contribution in [-0.4, -0.2) is 31.1 Å². The van der Waals surface area contributed by atoms with E-state index in [1.54, 1.807) is 0 Å². The molecule has 1 aliphatic heterocycles. The van der Waals surface area contributed by atoms with E-state index >= 15 is 0 Å². The Kier molecular flexibility index (Phi) is 10.5. The number of allylic oxidation sites excluding steroid dienone is 4. The molecule has 1 heterocycles. The number of carbonyl (C=O) groups is 1. The molecule has 5 heteroatoms. The molecule has 0 aromatic heterocycles. The van der Waals surface area contributed by atoms with Gasteiger partial charge in [0.1, 0.15) is 0 Å². The van der Waals surface area contributed by atoms with Crippen molar-refractivity contribution in [2.75, 3.05) is 13.2 Å². The zero-order valence-corrected chi connectivity index (χ0v) is 16.2. The molecule has 0 aromatic carbocycles. The second-order valence-corrected chi connectivity index (χ2v) is 7.03. The van der Waals surface area contributed by atoms with Crippen LogP contribution in [0.1, 0.15) is 72.1 Å². The highest BCUT2D eigenvalue weighted by Gasteiger charge is 2.36. The molecule has 1 saturated heterocycles. The molecule has 1 aliphatic rings. The zero-order valence-electron chi connectivity index (χ0n) is 16.2. The largest absolute Gasteiger partial charge is 0.352 e. The first-order valence-electron chi connectivity index (χ1n) is 9.59. The lowest BCUT2D eigenvalue weighted by Gasteiger charge is -2.39. The molecule has 1 atom stereocenters. The number of primary amides is 1. The lowest BCUT2D eigenvalue weighted by molar-refractivity contribution is -0.275. The van der Waals surface area contributed by atoms with Gasteiger partial charge in [0.2, 0.25) is 0 Å². The summed E-state index contributed by atoms with van der Waals surface area (Å²) in [5.41, 5.74) is 6.65. The summed E-state index contributed by atoms with van der Waals surface area (Å²) in [6.45, 7) is 7.74. The van der Waals surface area contributed by atoms with Crippen molar-refractivity contribution in [2.24, 2.45) is 5.73 Å². The average molecular weight is 353 g/mol. The first-order chi connectivity index (χ1) is 12.0. The molecule has 0 aromatic rings. The first-order valence-corrected chi connectivity index (χ1v) is 9.59. The van der Waals surface area contributed by atoms with Gasteiger partial charge in [-0.1, -0.05) is 37.1 Å². The minimum atomic E-state index is -0.618. The molecule has 2 amide bonds. The summed E-state index contributed by atoms with van der Waals surface area (Å²) in [5, 5.41) is 2.87. The molecule has 1 fully saturated rings. The Hall–Kier alpha value is -1.33. The number of urea groups is 1. The molecule has 0 spiro atoms. The maximum Gasteiger partial charge on any atom is 0.312 e. The number of ether oxygens (including phenoxy) is 2. The SMILES string of the molecule is CCC/C=C\CCC1(C[C@H](CCC=C(C)C)NC(N)=O)OCCCO1. The van der Waals surface area contributed by atoms with E-state index in [1.165, 1.54) is 5.57 Å². The molecule has 0 bridgehead atoms. The Balaban J connectivity index is 2.69. The van der Waals surface area contributed by atoms with Crippen molar-refractivity contribution in [3.63, 3.8) is 0 Å². The van der Waals surface area contributed by atoms with E-state index in [4.69, 9.17) is 15.2 Å². The highest BCUT2D eigenvalue weighted by molar-refractivity contribution is 5.71. The molecule has 0 unspecified atom stereocenters. The van der Waals surface area contributed by atoms with Crippen molar-refractivity contribution in [3.8, 4) is 0 Å². The molecule has 144 valence electrons. The summed E-state index contributed by atoms with van der Waals surface area (Å²) in [4.78, 5) is 11.4. The van der Waals surface area contributed by atoms with Gasteiger partial charge in [0.15, 0.2) is 5.79 Å². The number of hydrogen-bond acceptors (Lipinski definition) is 3. The third-order valence-electron chi connectivity index (χ3n) is 4.30. The van der Waals surface area contributed by atoms with Gasteiger partial charge in [-0.3, -0.25) is 0 Å². The molecular formula is C20H36N2O3. The number of carbonyl (C=O) groups excluding carboxylic acids is 1. The van der Waals surface area contributed by atoms with Crippen molar-refractivity contribution in [1.29, 1.82) is 0 Å². The molecule has 0 saturated carbocycles. The second kappa shape index (κ2) is 12.1. The molecule has 3 N–H and O–H groups in total. The number of unbranched alkanes of at least 4 members (excludes halogenated alkanes) is 1. The van der Waals surface area contributed by atoms with E-state index in [-0.39, 0.29) is 6.04 Å². The maximum absolute atomic E-state index is 11.4. The lowest BCUT2D eigenvalue weighted by Crippen LogP contribution is -2.48. The standard InChI is InChI=1S/C20H36N2O3/c1-4-5-6-7-8-13-20(24-14-10-15-25-20)16-18(22-19(21)23)12-9-11-17(2)3/h6-7,11,18H,4-5,8-10,12-16H2,1-3H3,(H3,21,22,23)/b7-6-/t18-/m0/s1. The molecule has 25 heavy (non-hydrogen) atoms. The van der Waals surface area contributed by atoms with Crippen LogP contribution in [0.5, 0.6) is 0 Å². The fourth-order valence-corrected chi connectivity index (χ4v) is 3.06. The quantitative estimate of drug-likeness (QED) is 0.540. The fourth-order valence-electron chi connectivity index (χ4n) is 3.06. The summed E-state index contributed by atoms with van der Waals surface area (Å²) >= 11 is 0. The first kappa shape index (κ1) is 21.7. The van der Waals surface area contributed by atoms with Crippen LogP contribution in [0.2, 0.25) is 0 Å². The van der Waals surface area contributed by atoms with Crippen molar-refractivity contribution >= 4 is 6.03 Å². The minimum Gasteiger partial charge on any atom is -0.352 e. The third kappa shape index (κ3) is 9.66. The second-order valence-electron chi connectivity index (χ2n) is 7.03. The van der Waals surface area contributed by atoms with Crippen LogP contribution in [-0.2, 0) is 9.47 Å². The smallest absolute Gasteiger partial charge is 0.312 e. The summed E-state index contributed by atoms with van der Waals surface area (Å²) in [5.74, 6) is -0.618. The minimum absolute atomic E-state index is 0.0502. The summed E-state index contributed by atoms with van der Waals surface area (Å²) in [6.07, 6.45) is 13.8. The maximum atomic E-state index is 11.4. The van der Waals surface area contributed by atoms with E-state index in [0.717, 1.165) is 44.9 Å². The van der Waals surface area contributed by atoms with Crippen LogP contribution in [0, 0.1) is 0 Å². The predicted molar refractivity (Wildman–Crippen MR) is 102 cm³/mol. The van der Waals surface area contributed by atoms with Crippen LogP contribution < -0.4 is 11.1 Å². The number of amides is 2. The van der Waals surface area contributed by atoms with Crippen LogP contribution in [0.25, 0.3) is 0 Å². The predicted octanol–water partition coefficient (Wildman–Crippen LogP) is 4.43. The Morgan fingerprint density at radius 2 is 1.88 bits per heavy atom. The van der Waals surface area contributed by atoms with Crippen molar-refractivity contribution < 1.29 is 14.3 Å². The van der Waals surface area contributed by atoms with Crippen molar-refractivity contribution in [2.45, 2.75) is 84.0 Å². The van der Waals surface area contributed by atoms with E-state index < -0.39 is 11.8 Å². The fraction of sp³-hybridized carbons (Fsp3) is 0.750. The number of hydrogen-bond donors (Lipinski definition) is 2. The van der Waals surface area contributed by atoms with Gasteiger partial charge in [-0.2, -0.15) is 0 Å². The Bertz CT molecular complexity index is 436. The van der Waals surface area contributed by atoms with Crippen LogP contribution >= 0.6 is 0 Å². The molecule has 0 aliphatic carbocycles. The van der Waals surface area contributed by atoms with E-state index in [9.17, 15) is 4.79 Å². The van der Waals surface area contributed by atoms with Crippen LogP contribution in [0.4, 0.5) is 4.79 Å². The highest BCUT2D eigenvalue weighted by Crippen LogP contribution is 2.31. The molecule has 1 rings (SSSR count). The van der Waals surface area contributed by atoms with E-state index in [1.807, 2.05) is 0 Å². The molecule has 5 nitrogen and oxygen atoms in total. The normalized spacial score (nSPS) is 18.0. The van der Waals surface area contributed by atoms with Gasteiger partial charge >= 0.3 is 6.03 Å². The summed E-state index contributed by atoms with van der Waals surface area (Å²) in [7, 11) is 0.